The first-order valence-corrected chi connectivity index (χ1v) is 7.79. The number of aliphatic hydroxyl groups excluding tert-OH is 1. The molecule has 0 saturated heterocycles. The van der Waals surface area contributed by atoms with Gasteiger partial charge in [-0.05, 0) is 24.1 Å². The number of para-hydroxylation sites is 1. The normalized spacial score (nSPS) is 19.7. The fraction of sp³-hybridized carbons (Fsp3) is 0.211. The highest BCUT2D eigenvalue weighted by Gasteiger charge is 2.32. The summed E-state index contributed by atoms with van der Waals surface area (Å²) in [7, 11) is 0. The second-order valence-electron chi connectivity index (χ2n) is 6.09. The molecule has 4 nitrogen and oxygen atoms in total. The summed E-state index contributed by atoms with van der Waals surface area (Å²) in [4.78, 5) is 16.0. The van der Waals surface area contributed by atoms with Crippen LogP contribution in [0.3, 0.4) is 0 Å². The quantitative estimate of drug-likeness (QED) is 0.681. The Labute approximate surface area is 134 Å². The molecule has 1 aromatic heterocycles. The number of carbonyl (C=O) groups excluding carboxylic acids is 1. The molecule has 3 N–H and O–H groups in total. The number of hydrogen-bond donors (Lipinski definition) is 3. The van der Waals surface area contributed by atoms with Crippen molar-refractivity contribution in [3.8, 4) is 0 Å². The summed E-state index contributed by atoms with van der Waals surface area (Å²) in [6.07, 6.45) is -0.00424. The van der Waals surface area contributed by atoms with E-state index in [1.165, 1.54) is 0 Å². The summed E-state index contributed by atoms with van der Waals surface area (Å²) < 4.78 is 0. The molecule has 4 heteroatoms. The standard InChI is InChI=1S/C19H18N2O2/c1-11-17(14-8-4-5-9-15(14)20-11)19(23)21-18-13-7-3-2-6-12(13)10-16(18)22/h2-9,16,18,20,22H,10H2,1H3,(H,21,23)/t16-,18+/m0/s1. The summed E-state index contributed by atoms with van der Waals surface area (Å²) in [6.45, 7) is 1.90. The van der Waals surface area contributed by atoms with Gasteiger partial charge in [0.1, 0.15) is 0 Å². The lowest BCUT2D eigenvalue weighted by atomic mass is 10.1. The summed E-state index contributed by atoms with van der Waals surface area (Å²) in [5.41, 5.74) is 4.54. The van der Waals surface area contributed by atoms with E-state index in [1.807, 2.05) is 55.5 Å². The van der Waals surface area contributed by atoms with Crippen LogP contribution < -0.4 is 5.32 Å². The Morgan fingerprint density at radius 2 is 1.91 bits per heavy atom. The van der Waals surface area contributed by atoms with E-state index in [1.54, 1.807) is 0 Å². The fourth-order valence-corrected chi connectivity index (χ4v) is 3.53. The van der Waals surface area contributed by atoms with Crippen molar-refractivity contribution in [2.75, 3.05) is 0 Å². The lowest BCUT2D eigenvalue weighted by molar-refractivity contribution is 0.0859. The molecule has 1 aliphatic carbocycles. The second kappa shape index (κ2) is 5.25. The molecule has 2 atom stereocenters. The highest BCUT2D eigenvalue weighted by atomic mass is 16.3. The van der Waals surface area contributed by atoms with E-state index in [0.29, 0.717) is 12.0 Å². The summed E-state index contributed by atoms with van der Waals surface area (Å²) in [5.74, 6) is -0.152. The molecule has 0 bridgehead atoms. The van der Waals surface area contributed by atoms with Crippen molar-refractivity contribution in [1.82, 2.24) is 10.3 Å². The SMILES string of the molecule is Cc1[nH]c2ccccc2c1C(=O)N[C@@H]1c2ccccc2C[C@@H]1O. The Morgan fingerprint density at radius 3 is 2.78 bits per heavy atom. The Kier molecular flexibility index (Phi) is 3.20. The predicted molar refractivity (Wildman–Crippen MR) is 89.4 cm³/mol. The van der Waals surface area contributed by atoms with Crippen molar-refractivity contribution in [3.05, 3.63) is 70.9 Å². The maximum Gasteiger partial charge on any atom is 0.254 e. The molecule has 2 aromatic carbocycles. The molecule has 23 heavy (non-hydrogen) atoms. The minimum Gasteiger partial charge on any atom is -0.390 e. The van der Waals surface area contributed by atoms with Gasteiger partial charge in [0, 0.05) is 23.0 Å². The Hall–Kier alpha value is -2.59. The van der Waals surface area contributed by atoms with Crippen LogP contribution in [0, 0.1) is 6.92 Å². The van der Waals surface area contributed by atoms with E-state index in [-0.39, 0.29) is 11.9 Å². The molecule has 4 rings (SSSR count). The second-order valence-corrected chi connectivity index (χ2v) is 6.09. The van der Waals surface area contributed by atoms with E-state index < -0.39 is 6.10 Å². The Morgan fingerprint density at radius 1 is 1.17 bits per heavy atom. The zero-order valence-corrected chi connectivity index (χ0v) is 12.8. The molecule has 1 amide bonds. The first kappa shape index (κ1) is 14.0. The Bertz CT molecular complexity index is 897. The van der Waals surface area contributed by atoms with E-state index in [0.717, 1.165) is 27.7 Å². The predicted octanol–water partition coefficient (Wildman–Crippen LogP) is 2.86. The van der Waals surface area contributed by atoms with Gasteiger partial charge in [0.15, 0.2) is 0 Å². The molecule has 3 aromatic rings. The van der Waals surface area contributed by atoms with Crippen LogP contribution in [0.1, 0.15) is 33.2 Å². The number of fused-ring (bicyclic) bond motifs is 2. The van der Waals surface area contributed by atoms with Crippen LogP contribution in [0.15, 0.2) is 48.5 Å². The number of nitrogens with one attached hydrogen (secondary N) is 2. The number of benzene rings is 2. The average molecular weight is 306 g/mol. The number of rotatable bonds is 2. The number of amides is 1. The van der Waals surface area contributed by atoms with Crippen LogP contribution in [-0.4, -0.2) is 22.1 Å². The maximum absolute atomic E-state index is 12.8. The highest BCUT2D eigenvalue weighted by Crippen LogP contribution is 2.32. The van der Waals surface area contributed by atoms with Crippen molar-refractivity contribution in [3.63, 3.8) is 0 Å². The zero-order valence-electron chi connectivity index (χ0n) is 12.8. The molecule has 1 aliphatic rings. The van der Waals surface area contributed by atoms with Crippen molar-refractivity contribution in [2.24, 2.45) is 0 Å². The molecule has 0 fully saturated rings. The van der Waals surface area contributed by atoms with Crippen LogP contribution in [-0.2, 0) is 6.42 Å². The molecule has 0 unspecified atom stereocenters. The number of hydrogen-bond acceptors (Lipinski definition) is 2. The van der Waals surface area contributed by atoms with E-state index in [2.05, 4.69) is 10.3 Å². The van der Waals surface area contributed by atoms with Gasteiger partial charge in [-0.1, -0.05) is 42.5 Å². The third kappa shape index (κ3) is 2.23. The number of aromatic amines is 1. The highest BCUT2D eigenvalue weighted by molar-refractivity contribution is 6.08. The molecule has 0 aliphatic heterocycles. The molecule has 0 radical (unpaired) electrons. The Balaban J connectivity index is 1.69. The van der Waals surface area contributed by atoms with Gasteiger partial charge in [-0.15, -0.1) is 0 Å². The molecular weight excluding hydrogens is 288 g/mol. The van der Waals surface area contributed by atoms with Crippen molar-refractivity contribution >= 4 is 16.8 Å². The van der Waals surface area contributed by atoms with Gasteiger partial charge in [-0.2, -0.15) is 0 Å². The lowest BCUT2D eigenvalue weighted by Crippen LogP contribution is -2.34. The van der Waals surface area contributed by atoms with Gasteiger partial charge in [-0.25, -0.2) is 0 Å². The molecule has 1 heterocycles. The molecule has 0 saturated carbocycles. The minimum absolute atomic E-state index is 0.152. The smallest absolute Gasteiger partial charge is 0.254 e. The first-order chi connectivity index (χ1) is 11.1. The summed E-state index contributed by atoms with van der Waals surface area (Å²) >= 11 is 0. The van der Waals surface area contributed by atoms with Gasteiger partial charge in [0.25, 0.3) is 5.91 Å². The largest absolute Gasteiger partial charge is 0.390 e. The third-order valence-electron chi connectivity index (χ3n) is 4.61. The lowest BCUT2D eigenvalue weighted by Gasteiger charge is -2.18. The van der Waals surface area contributed by atoms with Gasteiger partial charge in [-0.3, -0.25) is 4.79 Å². The van der Waals surface area contributed by atoms with Gasteiger partial charge in [0.2, 0.25) is 0 Å². The van der Waals surface area contributed by atoms with E-state index >= 15 is 0 Å². The van der Waals surface area contributed by atoms with E-state index in [4.69, 9.17) is 0 Å². The topological polar surface area (TPSA) is 65.1 Å². The maximum atomic E-state index is 12.8. The average Bonchev–Trinajstić information content (AvgIpc) is 3.04. The summed E-state index contributed by atoms with van der Waals surface area (Å²) in [5, 5.41) is 14.2. The van der Waals surface area contributed by atoms with Gasteiger partial charge in [0.05, 0.1) is 17.7 Å². The van der Waals surface area contributed by atoms with Crippen molar-refractivity contribution in [2.45, 2.75) is 25.5 Å². The monoisotopic (exact) mass is 306 g/mol. The van der Waals surface area contributed by atoms with Crippen molar-refractivity contribution < 1.29 is 9.90 Å². The van der Waals surface area contributed by atoms with Crippen LogP contribution in [0.25, 0.3) is 10.9 Å². The third-order valence-corrected chi connectivity index (χ3v) is 4.61. The van der Waals surface area contributed by atoms with Crippen molar-refractivity contribution in [1.29, 1.82) is 0 Å². The number of H-pyrrole nitrogens is 1. The van der Waals surface area contributed by atoms with Crippen LogP contribution in [0.2, 0.25) is 0 Å². The number of aliphatic hydroxyl groups is 1. The fourth-order valence-electron chi connectivity index (χ4n) is 3.53. The number of carbonyl (C=O) groups is 1. The molecular formula is C19H18N2O2. The van der Waals surface area contributed by atoms with Gasteiger partial charge >= 0.3 is 0 Å². The zero-order chi connectivity index (χ0) is 16.0. The first-order valence-electron chi connectivity index (χ1n) is 7.79. The van der Waals surface area contributed by atoms with Crippen LogP contribution in [0.5, 0.6) is 0 Å². The van der Waals surface area contributed by atoms with Crippen LogP contribution >= 0.6 is 0 Å². The summed E-state index contributed by atoms with van der Waals surface area (Å²) in [6, 6.07) is 15.3. The molecule has 0 spiro atoms. The minimum atomic E-state index is -0.582. The molecule has 116 valence electrons. The number of aryl methyl sites for hydroxylation is 1. The van der Waals surface area contributed by atoms with Gasteiger partial charge < -0.3 is 15.4 Å². The van der Waals surface area contributed by atoms with Crippen LogP contribution in [0.4, 0.5) is 0 Å². The number of aromatic nitrogens is 1. The van der Waals surface area contributed by atoms with E-state index in [9.17, 15) is 9.90 Å².